The highest BCUT2D eigenvalue weighted by molar-refractivity contribution is 6.35. The van der Waals surface area contributed by atoms with Crippen LogP contribution < -0.4 is 10.6 Å². The van der Waals surface area contributed by atoms with Gasteiger partial charge in [0.2, 0.25) is 0 Å². The van der Waals surface area contributed by atoms with Gasteiger partial charge in [-0.1, -0.05) is 48.0 Å². The fourth-order valence-electron chi connectivity index (χ4n) is 1.41. The van der Waals surface area contributed by atoms with Gasteiger partial charge in [-0.2, -0.15) is 0 Å². The summed E-state index contributed by atoms with van der Waals surface area (Å²) in [6.07, 6.45) is 7.52. The average Bonchev–Trinajstić information content (AvgIpc) is 2.35. The smallest absolute Gasteiger partial charge is 0.273 e. The second-order valence-corrected chi connectivity index (χ2v) is 4.75. The van der Waals surface area contributed by atoms with Crippen LogP contribution in [0.4, 0.5) is 4.79 Å². The zero-order chi connectivity index (χ0) is 16.0. The van der Waals surface area contributed by atoms with Gasteiger partial charge in [0.1, 0.15) is 5.57 Å². The molecule has 0 radical (unpaired) electrons. The molecule has 1 rings (SSSR count). The lowest BCUT2D eigenvalue weighted by molar-refractivity contribution is -0.124. The molecule has 0 aliphatic carbocycles. The molecule has 1 saturated heterocycles. The van der Waals surface area contributed by atoms with Gasteiger partial charge in [-0.15, -0.1) is 0 Å². The molecule has 0 aromatic carbocycles. The van der Waals surface area contributed by atoms with Crippen molar-refractivity contribution in [1.29, 1.82) is 0 Å². The van der Waals surface area contributed by atoms with Crippen LogP contribution in [-0.2, 0) is 9.59 Å². The number of carbonyl (C=O) groups is 3. The van der Waals surface area contributed by atoms with Crippen molar-refractivity contribution in [3.63, 3.8) is 0 Å². The normalized spacial score (nSPS) is 16.9. The highest BCUT2D eigenvalue weighted by Crippen LogP contribution is 2.19. The van der Waals surface area contributed by atoms with Crippen molar-refractivity contribution < 1.29 is 14.4 Å². The zero-order valence-corrected chi connectivity index (χ0v) is 12.6. The number of carbonyl (C=O) groups excluding carboxylic acids is 3. The Morgan fingerprint density at radius 2 is 1.71 bits per heavy atom. The number of halogens is 2. The molecule has 0 saturated carbocycles. The number of hydrogen-bond acceptors (Lipinski definition) is 3. The molecule has 0 aromatic rings. The van der Waals surface area contributed by atoms with Crippen molar-refractivity contribution in [2.24, 2.45) is 0 Å². The summed E-state index contributed by atoms with van der Waals surface area (Å²) in [5.41, 5.74) is 0.450. The van der Waals surface area contributed by atoms with E-state index in [0.717, 1.165) is 0 Å². The van der Waals surface area contributed by atoms with E-state index in [1.54, 1.807) is 19.1 Å². The molecular weight excluding hydrogens is 315 g/mol. The molecule has 0 unspecified atom stereocenters. The van der Waals surface area contributed by atoms with E-state index in [9.17, 15) is 14.4 Å². The number of hydrogen-bond donors (Lipinski definition) is 2. The third kappa shape index (κ3) is 5.06. The first kappa shape index (κ1) is 16.9. The van der Waals surface area contributed by atoms with Gasteiger partial charge < -0.3 is 0 Å². The van der Waals surface area contributed by atoms with Crippen LogP contribution in [0.5, 0.6) is 0 Å². The monoisotopic (exact) mass is 326 g/mol. The first-order valence-corrected chi connectivity index (χ1v) is 6.54. The van der Waals surface area contributed by atoms with E-state index >= 15 is 0 Å². The van der Waals surface area contributed by atoms with Crippen molar-refractivity contribution in [3.8, 4) is 0 Å². The van der Waals surface area contributed by atoms with Crippen LogP contribution in [0, 0.1) is 0 Å². The molecule has 1 aliphatic heterocycles. The molecule has 1 aliphatic rings. The van der Waals surface area contributed by atoms with Crippen molar-refractivity contribution >= 4 is 41.0 Å². The Hall–Kier alpha value is -2.11. The Labute approximate surface area is 131 Å². The van der Waals surface area contributed by atoms with Crippen molar-refractivity contribution in [2.45, 2.75) is 6.92 Å². The number of imide groups is 2. The Balaban J connectivity index is 2.92. The average molecular weight is 327 g/mol. The lowest BCUT2D eigenvalue weighted by Crippen LogP contribution is -2.51. The number of amides is 4. The van der Waals surface area contributed by atoms with E-state index in [1.165, 1.54) is 18.2 Å². The molecule has 0 aromatic heterocycles. The van der Waals surface area contributed by atoms with Gasteiger partial charge in [-0.25, -0.2) is 4.79 Å². The number of rotatable bonds is 4. The summed E-state index contributed by atoms with van der Waals surface area (Å²) in [6, 6.07) is -0.841. The van der Waals surface area contributed by atoms with Gasteiger partial charge in [-0.3, -0.25) is 20.2 Å². The second kappa shape index (κ2) is 7.61. The van der Waals surface area contributed by atoms with E-state index in [4.69, 9.17) is 23.2 Å². The Morgan fingerprint density at radius 1 is 1.14 bits per heavy atom. The van der Waals surface area contributed by atoms with Crippen LogP contribution >= 0.6 is 23.2 Å². The zero-order valence-electron chi connectivity index (χ0n) is 11.1. The summed E-state index contributed by atoms with van der Waals surface area (Å²) >= 11 is 11.6. The maximum Gasteiger partial charge on any atom is 0.328 e. The highest BCUT2D eigenvalue weighted by atomic mass is 35.5. The third-order valence-electron chi connectivity index (χ3n) is 2.35. The fraction of sp³-hybridized carbons (Fsp3) is 0.0714. The maximum absolute atomic E-state index is 11.5. The quantitative estimate of drug-likeness (QED) is 0.473. The predicted octanol–water partition coefficient (Wildman–Crippen LogP) is 2.66. The maximum atomic E-state index is 11.5. The molecule has 1 heterocycles. The molecule has 110 valence electrons. The SMILES string of the molecule is C=C(Cl)C=C(Cl)C(C=CC=C1C(=O)NC(=O)NC1=O)=CC. The van der Waals surface area contributed by atoms with E-state index in [-0.39, 0.29) is 10.6 Å². The summed E-state index contributed by atoms with van der Waals surface area (Å²) in [6.45, 7) is 5.26. The minimum absolute atomic E-state index is 0.178. The minimum atomic E-state index is -0.841. The van der Waals surface area contributed by atoms with Gasteiger partial charge >= 0.3 is 6.03 Å². The highest BCUT2D eigenvalue weighted by Gasteiger charge is 2.26. The van der Waals surface area contributed by atoms with Gasteiger partial charge in [0.05, 0.1) is 0 Å². The lowest BCUT2D eigenvalue weighted by Gasteiger charge is -2.13. The molecule has 0 atom stereocenters. The van der Waals surface area contributed by atoms with E-state index < -0.39 is 17.8 Å². The van der Waals surface area contributed by atoms with Crippen LogP contribution in [0.3, 0.4) is 0 Å². The Morgan fingerprint density at radius 3 is 2.19 bits per heavy atom. The van der Waals surface area contributed by atoms with Gasteiger partial charge in [-0.05, 0) is 24.6 Å². The summed E-state index contributed by atoms with van der Waals surface area (Å²) in [7, 11) is 0. The van der Waals surface area contributed by atoms with Crippen LogP contribution in [0.2, 0.25) is 0 Å². The number of barbiturate groups is 1. The molecule has 7 heteroatoms. The van der Waals surface area contributed by atoms with E-state index in [0.29, 0.717) is 10.6 Å². The molecule has 0 bridgehead atoms. The summed E-state index contributed by atoms with van der Waals surface area (Å²) in [5, 5.41) is 4.57. The molecule has 21 heavy (non-hydrogen) atoms. The van der Waals surface area contributed by atoms with Gasteiger partial charge in [0.25, 0.3) is 11.8 Å². The molecule has 1 fully saturated rings. The Bertz CT molecular complexity index is 606. The molecular formula is C14H12Cl2N2O3. The summed E-state index contributed by atoms with van der Waals surface area (Å²) < 4.78 is 0. The van der Waals surface area contributed by atoms with E-state index in [2.05, 4.69) is 6.58 Å². The van der Waals surface area contributed by atoms with Crippen molar-refractivity contribution in [2.75, 3.05) is 0 Å². The van der Waals surface area contributed by atoms with E-state index in [1.807, 2.05) is 10.6 Å². The predicted molar refractivity (Wildman–Crippen MR) is 81.6 cm³/mol. The van der Waals surface area contributed by atoms with Crippen molar-refractivity contribution in [3.05, 3.63) is 58.2 Å². The largest absolute Gasteiger partial charge is 0.328 e. The molecule has 5 nitrogen and oxygen atoms in total. The first-order valence-electron chi connectivity index (χ1n) is 5.78. The van der Waals surface area contributed by atoms with Gasteiger partial charge in [0, 0.05) is 10.1 Å². The first-order chi connectivity index (χ1) is 9.85. The van der Waals surface area contributed by atoms with Gasteiger partial charge in [0.15, 0.2) is 0 Å². The topological polar surface area (TPSA) is 75.3 Å². The summed E-state index contributed by atoms with van der Waals surface area (Å²) in [5.74, 6) is -1.52. The summed E-state index contributed by atoms with van der Waals surface area (Å²) in [4.78, 5) is 33.8. The molecule has 2 N–H and O–H groups in total. The van der Waals surface area contributed by atoms with Crippen LogP contribution in [-0.4, -0.2) is 17.8 Å². The third-order valence-corrected chi connectivity index (χ3v) is 2.79. The Kier molecular flexibility index (Phi) is 6.14. The molecule has 4 amide bonds. The fourth-order valence-corrected chi connectivity index (χ4v) is 1.88. The minimum Gasteiger partial charge on any atom is -0.273 e. The van der Waals surface area contributed by atoms with Crippen LogP contribution in [0.25, 0.3) is 0 Å². The lowest BCUT2D eigenvalue weighted by atomic mass is 10.1. The number of allylic oxidation sites excluding steroid dienone is 8. The number of urea groups is 1. The standard InChI is InChI=1S/C14H12Cl2N2O3/c1-3-9(11(16)7-8(2)15)5-4-6-10-12(19)17-14(21)18-13(10)20/h3-7H,2H2,1H3,(H2,17,18,19,20,21). The van der Waals surface area contributed by atoms with Crippen LogP contribution in [0.15, 0.2) is 58.2 Å². The number of nitrogens with one attached hydrogen (secondary N) is 2. The van der Waals surface area contributed by atoms with Crippen LogP contribution in [0.1, 0.15) is 6.92 Å². The molecule has 0 spiro atoms. The van der Waals surface area contributed by atoms with Crippen molar-refractivity contribution in [1.82, 2.24) is 10.6 Å². The second-order valence-electron chi connectivity index (χ2n) is 3.86.